The van der Waals surface area contributed by atoms with Crippen molar-refractivity contribution in [3.63, 3.8) is 0 Å². The number of H-pyrrole nitrogens is 1. The van der Waals surface area contributed by atoms with Crippen LogP contribution in [-0.4, -0.2) is 46.6 Å². The number of rotatable bonds is 6. The molecular weight excluding hydrogens is 450 g/mol. The van der Waals surface area contributed by atoms with Crippen molar-refractivity contribution in [1.29, 1.82) is 5.26 Å². The third-order valence-electron chi connectivity index (χ3n) is 5.18. The second kappa shape index (κ2) is 8.60. The predicted octanol–water partition coefficient (Wildman–Crippen LogP) is 2.21. The summed E-state index contributed by atoms with van der Waals surface area (Å²) in [5.41, 5.74) is 2.10. The lowest BCUT2D eigenvalue weighted by molar-refractivity contribution is 0.418. The number of hydrogen-bond donors (Lipinski definition) is 3. The molecule has 0 aliphatic rings. The number of anilines is 4. The first-order valence-electron chi connectivity index (χ1n) is 10.4. The van der Waals surface area contributed by atoms with Crippen LogP contribution in [0.25, 0.3) is 22.4 Å². The number of hydrogen-bond acceptors (Lipinski definition) is 10. The predicted molar refractivity (Wildman–Crippen MR) is 128 cm³/mol. The van der Waals surface area contributed by atoms with E-state index in [9.17, 15) is 4.79 Å². The molecule has 0 amide bonds. The van der Waals surface area contributed by atoms with Gasteiger partial charge >= 0.3 is 0 Å². The van der Waals surface area contributed by atoms with Crippen LogP contribution >= 0.6 is 0 Å². The maximum absolute atomic E-state index is 12.9. The number of para-hydroxylation sites is 1. The molecule has 0 saturated heterocycles. The molecule has 0 saturated carbocycles. The Labute approximate surface area is 198 Å². The molecule has 13 nitrogen and oxygen atoms in total. The minimum atomic E-state index is -0.253. The number of nitriles is 1. The number of benzene rings is 1. The summed E-state index contributed by atoms with van der Waals surface area (Å²) in [6.45, 7) is 0. The number of aryl methyl sites for hydroxylation is 2. The average molecular weight is 469 g/mol. The second-order valence-corrected chi connectivity index (χ2v) is 7.53. The highest BCUT2D eigenvalue weighted by molar-refractivity contribution is 5.94. The van der Waals surface area contributed by atoms with Gasteiger partial charge in [0.1, 0.15) is 41.4 Å². The normalized spacial score (nSPS) is 10.8. The summed E-state index contributed by atoms with van der Waals surface area (Å²) in [5.74, 6) is 1.80. The fourth-order valence-electron chi connectivity index (χ4n) is 3.64. The highest BCUT2D eigenvalue weighted by Crippen LogP contribution is 2.37. The number of fused-ring (bicyclic) bond motifs is 1. The maximum Gasteiger partial charge on any atom is 0.277 e. The van der Waals surface area contributed by atoms with Crippen LogP contribution in [0.3, 0.4) is 0 Å². The van der Waals surface area contributed by atoms with Crippen molar-refractivity contribution in [2.75, 3.05) is 17.7 Å². The van der Waals surface area contributed by atoms with Gasteiger partial charge in [0.25, 0.3) is 5.56 Å². The van der Waals surface area contributed by atoms with Gasteiger partial charge in [-0.25, -0.2) is 19.9 Å². The number of aromatic nitrogens is 8. The van der Waals surface area contributed by atoms with Crippen LogP contribution in [0, 0.1) is 11.3 Å². The fourth-order valence-corrected chi connectivity index (χ4v) is 3.64. The molecule has 35 heavy (non-hydrogen) atoms. The highest BCUT2D eigenvalue weighted by atomic mass is 16.5. The summed E-state index contributed by atoms with van der Waals surface area (Å²) in [6, 6.07) is 10.7. The zero-order valence-corrected chi connectivity index (χ0v) is 18.9. The number of nitrogens with zero attached hydrogens (tertiary/aromatic N) is 8. The molecule has 0 aliphatic heterocycles. The molecule has 5 rings (SSSR count). The molecular formula is C22H19N11O2. The van der Waals surface area contributed by atoms with Gasteiger partial charge in [0.2, 0.25) is 0 Å². The Hall–Kier alpha value is -5.25. The Morgan fingerprint density at radius 2 is 1.94 bits per heavy atom. The van der Waals surface area contributed by atoms with Gasteiger partial charge in [-0.2, -0.15) is 10.4 Å². The van der Waals surface area contributed by atoms with E-state index in [0.29, 0.717) is 51.2 Å². The average Bonchev–Trinajstić information content (AvgIpc) is 3.41. The molecule has 4 aromatic heterocycles. The van der Waals surface area contributed by atoms with Crippen molar-refractivity contribution in [3.8, 4) is 23.2 Å². The molecule has 0 radical (unpaired) electrons. The Bertz CT molecular complexity index is 1660. The first-order valence-corrected chi connectivity index (χ1v) is 10.4. The van der Waals surface area contributed by atoms with Crippen LogP contribution in [0.15, 0.2) is 47.8 Å². The van der Waals surface area contributed by atoms with E-state index in [2.05, 4.69) is 40.8 Å². The molecule has 4 heterocycles. The van der Waals surface area contributed by atoms with Crippen molar-refractivity contribution in [3.05, 3.63) is 59.0 Å². The van der Waals surface area contributed by atoms with Crippen molar-refractivity contribution < 1.29 is 4.74 Å². The van der Waals surface area contributed by atoms with Gasteiger partial charge in [0, 0.05) is 26.2 Å². The molecule has 3 N–H and O–H groups in total. The third kappa shape index (κ3) is 4.00. The Kier molecular flexibility index (Phi) is 5.30. The summed E-state index contributed by atoms with van der Waals surface area (Å²) in [5, 5.41) is 23.1. The summed E-state index contributed by atoms with van der Waals surface area (Å²) in [6.07, 6.45) is 2.89. The lowest BCUT2D eigenvalue weighted by atomic mass is 10.1. The van der Waals surface area contributed by atoms with Gasteiger partial charge < -0.3 is 15.4 Å². The van der Waals surface area contributed by atoms with E-state index in [-0.39, 0.29) is 11.3 Å². The zero-order chi connectivity index (χ0) is 24.5. The highest BCUT2D eigenvalue weighted by Gasteiger charge is 2.18. The van der Waals surface area contributed by atoms with Crippen molar-refractivity contribution >= 4 is 34.0 Å². The van der Waals surface area contributed by atoms with Crippen molar-refractivity contribution in [2.24, 2.45) is 14.1 Å². The number of nitrogens with one attached hydrogen (secondary N) is 3. The molecule has 0 fully saturated rings. The monoisotopic (exact) mass is 469 g/mol. The molecule has 0 bridgehead atoms. The van der Waals surface area contributed by atoms with Gasteiger partial charge in [-0.3, -0.25) is 19.3 Å². The lowest BCUT2D eigenvalue weighted by Crippen LogP contribution is -2.12. The molecule has 0 atom stereocenters. The van der Waals surface area contributed by atoms with Gasteiger partial charge in [-0.1, -0.05) is 6.07 Å². The van der Waals surface area contributed by atoms with E-state index < -0.39 is 0 Å². The molecule has 174 valence electrons. The van der Waals surface area contributed by atoms with Crippen LogP contribution in [0.2, 0.25) is 0 Å². The second-order valence-electron chi connectivity index (χ2n) is 7.53. The molecule has 13 heteroatoms. The number of methoxy groups -OCH3 is 1. The van der Waals surface area contributed by atoms with Gasteiger partial charge in [-0.15, -0.1) is 0 Å². The number of aromatic amines is 1. The van der Waals surface area contributed by atoms with E-state index in [0.717, 1.165) is 0 Å². The van der Waals surface area contributed by atoms with Gasteiger partial charge in [-0.05, 0) is 12.1 Å². The van der Waals surface area contributed by atoms with Crippen LogP contribution in [0.1, 0.15) is 5.69 Å². The standard InChI is InChI=1S/C22H19N11O2/c1-32-11-26-20(30-32)13-5-4-6-14(19(13)35-3)27-15-8-17(28-16-7-12(9-23)24-10-25-16)29-21-18(15)22(34)33(2)31-21/h4-8,10-11H,1-3H3,(H3,24,25,27,28,29,31). The van der Waals surface area contributed by atoms with Crippen LogP contribution in [0.5, 0.6) is 5.75 Å². The van der Waals surface area contributed by atoms with Crippen LogP contribution < -0.4 is 20.9 Å². The lowest BCUT2D eigenvalue weighted by Gasteiger charge is -2.15. The minimum Gasteiger partial charge on any atom is -0.494 e. The van der Waals surface area contributed by atoms with Crippen LogP contribution in [-0.2, 0) is 14.1 Å². The van der Waals surface area contributed by atoms with E-state index in [4.69, 9.17) is 10.00 Å². The zero-order valence-electron chi connectivity index (χ0n) is 18.9. The summed E-state index contributed by atoms with van der Waals surface area (Å²) < 4.78 is 8.64. The Morgan fingerprint density at radius 3 is 2.69 bits per heavy atom. The molecule has 5 aromatic rings. The SMILES string of the molecule is COc1c(Nc2cc(Nc3cc(C#N)ncn3)nc3[nH]n(C)c(=O)c23)cccc1-c1ncn(C)n1. The van der Waals surface area contributed by atoms with Crippen molar-refractivity contribution in [2.45, 2.75) is 0 Å². The number of pyridine rings is 1. The smallest absolute Gasteiger partial charge is 0.277 e. The maximum atomic E-state index is 12.9. The minimum absolute atomic E-state index is 0.208. The van der Waals surface area contributed by atoms with Gasteiger partial charge in [0.05, 0.1) is 24.0 Å². The molecule has 0 spiro atoms. The Morgan fingerprint density at radius 1 is 1.09 bits per heavy atom. The van der Waals surface area contributed by atoms with E-state index in [1.54, 1.807) is 38.3 Å². The van der Waals surface area contributed by atoms with Crippen molar-refractivity contribution in [1.82, 2.24) is 39.5 Å². The van der Waals surface area contributed by atoms with E-state index in [1.165, 1.54) is 17.1 Å². The third-order valence-corrected chi connectivity index (χ3v) is 5.18. The Balaban J connectivity index is 1.61. The topological polar surface area (TPSA) is 164 Å². The fraction of sp³-hybridized carbons (Fsp3) is 0.136. The van der Waals surface area contributed by atoms with E-state index in [1.807, 2.05) is 24.3 Å². The largest absolute Gasteiger partial charge is 0.494 e. The van der Waals surface area contributed by atoms with E-state index >= 15 is 0 Å². The first kappa shape index (κ1) is 21.6. The number of ether oxygens (including phenoxy) is 1. The quantitative estimate of drug-likeness (QED) is 0.336. The van der Waals surface area contributed by atoms with Crippen LogP contribution in [0.4, 0.5) is 23.0 Å². The molecule has 0 aliphatic carbocycles. The molecule has 1 aromatic carbocycles. The molecule has 0 unspecified atom stereocenters. The summed E-state index contributed by atoms with van der Waals surface area (Å²) in [7, 11) is 4.95. The summed E-state index contributed by atoms with van der Waals surface area (Å²) >= 11 is 0. The summed E-state index contributed by atoms with van der Waals surface area (Å²) in [4.78, 5) is 29.7. The van der Waals surface area contributed by atoms with Gasteiger partial charge in [0.15, 0.2) is 17.2 Å². The first-order chi connectivity index (χ1) is 17.0.